The third-order valence-corrected chi connectivity index (χ3v) is 6.55. The second-order valence-corrected chi connectivity index (χ2v) is 10.0. The molecule has 0 radical (unpaired) electrons. The van der Waals surface area contributed by atoms with Gasteiger partial charge in [-0.3, -0.25) is 4.79 Å². The van der Waals surface area contributed by atoms with Crippen molar-refractivity contribution in [2.45, 2.75) is 47.5 Å². The van der Waals surface area contributed by atoms with Crippen LogP contribution < -0.4 is 14.9 Å². The summed E-state index contributed by atoms with van der Waals surface area (Å²) in [4.78, 5) is 37.5. The van der Waals surface area contributed by atoms with Crippen molar-refractivity contribution in [2.75, 3.05) is 13.7 Å². The second kappa shape index (κ2) is 13.1. The topological polar surface area (TPSA) is 164 Å². The molecule has 0 aliphatic carbocycles. The predicted molar refractivity (Wildman–Crippen MR) is 155 cm³/mol. The number of hydrazone groups is 1. The maximum absolute atomic E-state index is 13.1. The third-order valence-electron chi connectivity index (χ3n) is 6.55. The van der Waals surface area contributed by atoms with Crippen molar-refractivity contribution in [2.24, 2.45) is 5.10 Å². The zero-order chi connectivity index (χ0) is 31.3. The molecule has 0 aliphatic rings. The van der Waals surface area contributed by atoms with E-state index in [0.29, 0.717) is 11.3 Å². The number of phenolic OH excluding ortho intramolecular Hbond substituents is 3. The van der Waals surface area contributed by atoms with Crippen LogP contribution in [0.5, 0.6) is 28.7 Å². The first kappa shape index (κ1) is 31.5. The van der Waals surface area contributed by atoms with E-state index in [0.717, 1.165) is 17.3 Å². The third kappa shape index (κ3) is 6.80. The molecule has 1 amide bonds. The molecule has 3 aromatic carbocycles. The molecule has 222 valence electrons. The quantitative estimate of drug-likeness (QED) is 0.122. The van der Waals surface area contributed by atoms with Crippen LogP contribution in [0.1, 0.15) is 73.9 Å². The van der Waals surface area contributed by atoms with E-state index in [2.05, 4.69) is 15.3 Å². The molecule has 0 aromatic heterocycles. The minimum atomic E-state index is -0.996. The maximum atomic E-state index is 13.1. The molecule has 0 saturated carbocycles. The number of nitrogens with one attached hydrogen (secondary N) is 1. The zero-order valence-electron chi connectivity index (χ0n) is 24.5. The van der Waals surface area contributed by atoms with Crippen molar-refractivity contribution in [3.8, 4) is 28.7 Å². The fourth-order valence-corrected chi connectivity index (χ4v) is 4.26. The number of aryl methyl sites for hydroxylation is 3. The number of benzene rings is 3. The van der Waals surface area contributed by atoms with E-state index in [-0.39, 0.29) is 46.1 Å². The summed E-state index contributed by atoms with van der Waals surface area (Å²) in [5.41, 5.74) is 4.19. The molecular weight excluding hydrogens is 544 g/mol. The van der Waals surface area contributed by atoms with Gasteiger partial charge >= 0.3 is 11.9 Å². The molecule has 4 N–H and O–H groups in total. The smallest absolute Gasteiger partial charge is 0.347 e. The summed E-state index contributed by atoms with van der Waals surface area (Å²) in [6, 6.07) is 8.35. The molecule has 0 saturated heterocycles. The molecule has 11 heteroatoms. The number of nitrogens with zero attached hydrogens (tertiary/aromatic N) is 1. The van der Waals surface area contributed by atoms with Crippen molar-refractivity contribution in [1.82, 2.24) is 5.43 Å². The molecule has 0 spiro atoms. The predicted octanol–water partition coefficient (Wildman–Crippen LogP) is 4.70. The van der Waals surface area contributed by atoms with E-state index in [9.17, 15) is 29.7 Å². The number of amides is 1. The Morgan fingerprint density at radius 2 is 1.55 bits per heavy atom. The van der Waals surface area contributed by atoms with Gasteiger partial charge in [0, 0.05) is 5.56 Å². The average molecular weight is 579 g/mol. The second-order valence-electron chi connectivity index (χ2n) is 10.0. The van der Waals surface area contributed by atoms with Gasteiger partial charge in [-0.1, -0.05) is 26.0 Å². The number of hydrogen-bond donors (Lipinski definition) is 4. The highest BCUT2D eigenvalue weighted by Gasteiger charge is 2.25. The molecule has 0 bridgehead atoms. The van der Waals surface area contributed by atoms with Crippen LogP contribution in [0.15, 0.2) is 35.4 Å². The molecule has 11 nitrogen and oxygen atoms in total. The lowest BCUT2D eigenvalue weighted by Gasteiger charge is -2.16. The fourth-order valence-electron chi connectivity index (χ4n) is 4.26. The Morgan fingerprint density at radius 3 is 2.19 bits per heavy atom. The Labute approximate surface area is 243 Å². The number of aromatic hydroxyl groups is 3. The number of rotatable bonds is 9. The monoisotopic (exact) mass is 578 g/mol. The van der Waals surface area contributed by atoms with Gasteiger partial charge in [0.1, 0.15) is 39.9 Å². The number of ether oxygens (including phenoxy) is 3. The number of hydrogen-bond acceptors (Lipinski definition) is 10. The van der Waals surface area contributed by atoms with Crippen molar-refractivity contribution < 1.29 is 43.9 Å². The summed E-state index contributed by atoms with van der Waals surface area (Å²) < 4.78 is 15.8. The van der Waals surface area contributed by atoms with Crippen molar-refractivity contribution in [3.63, 3.8) is 0 Å². The van der Waals surface area contributed by atoms with Crippen LogP contribution in [0.4, 0.5) is 0 Å². The highest BCUT2D eigenvalue weighted by Crippen LogP contribution is 2.37. The summed E-state index contributed by atoms with van der Waals surface area (Å²) >= 11 is 0. The largest absolute Gasteiger partial charge is 0.507 e. The first-order valence-electron chi connectivity index (χ1n) is 13.0. The van der Waals surface area contributed by atoms with Gasteiger partial charge in [-0.05, 0) is 74.1 Å². The summed E-state index contributed by atoms with van der Waals surface area (Å²) in [6.07, 6.45) is 0.984. The van der Waals surface area contributed by atoms with E-state index in [1.54, 1.807) is 0 Å². The van der Waals surface area contributed by atoms with Gasteiger partial charge in [-0.2, -0.15) is 5.10 Å². The van der Waals surface area contributed by atoms with Crippen molar-refractivity contribution in [1.29, 1.82) is 0 Å². The van der Waals surface area contributed by atoms with Crippen LogP contribution in [0.2, 0.25) is 0 Å². The van der Waals surface area contributed by atoms with Crippen LogP contribution in [-0.4, -0.2) is 53.1 Å². The number of methoxy groups -OCH3 is 1. The SMILES string of the molecule is COC(=O)c1c(C)cc(OC(=O)c2c(C)cc(O)c(/C=N/NC(=O)COc3cc(C)ccc3C(C)C)c2O)c(C)c1O. The van der Waals surface area contributed by atoms with Crippen molar-refractivity contribution in [3.05, 3.63) is 74.8 Å². The minimum Gasteiger partial charge on any atom is -0.507 e. The fraction of sp³-hybridized carbons (Fsp3) is 0.290. The van der Waals surface area contributed by atoms with E-state index in [1.807, 2.05) is 39.0 Å². The summed E-state index contributed by atoms with van der Waals surface area (Å²) in [5, 5.41) is 35.5. The van der Waals surface area contributed by atoms with Gasteiger partial charge in [0.05, 0.1) is 18.9 Å². The Balaban J connectivity index is 1.79. The molecular formula is C31H34N2O9. The Hall–Kier alpha value is -5.06. The number of phenols is 3. The maximum Gasteiger partial charge on any atom is 0.347 e. The van der Waals surface area contributed by atoms with Gasteiger partial charge in [-0.15, -0.1) is 0 Å². The van der Waals surface area contributed by atoms with E-state index >= 15 is 0 Å². The average Bonchev–Trinajstić information content (AvgIpc) is 2.91. The van der Waals surface area contributed by atoms with Crippen LogP contribution in [0.3, 0.4) is 0 Å². The van der Waals surface area contributed by atoms with Gasteiger partial charge in [0.15, 0.2) is 6.61 Å². The lowest BCUT2D eigenvalue weighted by molar-refractivity contribution is -0.123. The van der Waals surface area contributed by atoms with Gasteiger partial charge < -0.3 is 29.5 Å². The van der Waals surface area contributed by atoms with Gasteiger partial charge in [0.25, 0.3) is 5.91 Å². The molecule has 3 rings (SSSR count). The Morgan fingerprint density at radius 1 is 0.905 bits per heavy atom. The summed E-state index contributed by atoms with van der Waals surface area (Å²) in [7, 11) is 1.18. The molecule has 0 aliphatic heterocycles. The molecule has 3 aromatic rings. The standard InChI is InChI=1S/C31H34N2O9/c1-15(2)20-9-8-16(3)10-24(20)41-14-25(35)33-32-13-21-22(34)11-17(4)27(29(21)37)31(39)42-23-12-18(5)26(30(38)40-7)28(36)19(23)6/h8-13,15,34,36-37H,14H2,1-7H3,(H,33,35)/b32-13+. The van der Waals surface area contributed by atoms with Crippen LogP contribution in [0.25, 0.3) is 0 Å². The molecule has 0 atom stereocenters. The first-order chi connectivity index (χ1) is 19.8. The molecule has 0 heterocycles. The number of carbonyl (C=O) groups is 3. The number of carbonyl (C=O) groups excluding carboxylic acids is 3. The normalized spacial score (nSPS) is 11.0. The minimum absolute atomic E-state index is 0.0498. The lowest BCUT2D eigenvalue weighted by Crippen LogP contribution is -2.25. The van der Waals surface area contributed by atoms with Crippen LogP contribution in [-0.2, 0) is 9.53 Å². The van der Waals surface area contributed by atoms with Crippen LogP contribution in [0, 0.1) is 27.7 Å². The molecule has 0 fully saturated rings. The first-order valence-corrected chi connectivity index (χ1v) is 13.0. The molecule has 42 heavy (non-hydrogen) atoms. The summed E-state index contributed by atoms with van der Waals surface area (Å²) in [5.74, 6) is -3.07. The zero-order valence-corrected chi connectivity index (χ0v) is 24.5. The summed E-state index contributed by atoms with van der Waals surface area (Å²) in [6.45, 7) is 10.1. The highest BCUT2D eigenvalue weighted by molar-refractivity contribution is 6.01. The van der Waals surface area contributed by atoms with Gasteiger partial charge in [-0.25, -0.2) is 15.0 Å². The van der Waals surface area contributed by atoms with Crippen molar-refractivity contribution >= 4 is 24.1 Å². The number of esters is 2. The lowest BCUT2D eigenvalue weighted by atomic mass is 10.0. The highest BCUT2D eigenvalue weighted by atomic mass is 16.5. The Kier molecular flexibility index (Phi) is 9.79. The van der Waals surface area contributed by atoms with E-state index < -0.39 is 35.1 Å². The molecule has 0 unspecified atom stereocenters. The Bertz CT molecular complexity index is 1580. The van der Waals surface area contributed by atoms with Crippen LogP contribution >= 0.6 is 0 Å². The van der Waals surface area contributed by atoms with Gasteiger partial charge in [0.2, 0.25) is 0 Å². The van der Waals surface area contributed by atoms with E-state index in [4.69, 9.17) is 9.47 Å². The van der Waals surface area contributed by atoms with E-state index in [1.165, 1.54) is 40.0 Å².